The number of rotatable bonds is 4. The average Bonchev–Trinajstić information content (AvgIpc) is 2.38. The van der Waals surface area contributed by atoms with Crippen molar-refractivity contribution in [3.05, 3.63) is 4.91 Å². The molecule has 0 saturated carbocycles. The van der Waals surface area contributed by atoms with Gasteiger partial charge in [-0.25, -0.2) is 0 Å². The van der Waals surface area contributed by atoms with Gasteiger partial charge in [0.2, 0.25) is 0 Å². The molecule has 4 nitrogen and oxygen atoms in total. The van der Waals surface area contributed by atoms with Gasteiger partial charge in [0.05, 0.1) is 6.10 Å². The summed E-state index contributed by atoms with van der Waals surface area (Å²) in [4.78, 5) is 9.85. The van der Waals surface area contributed by atoms with Crippen molar-refractivity contribution in [2.45, 2.75) is 32.2 Å². The van der Waals surface area contributed by atoms with Gasteiger partial charge in [-0.1, -0.05) is 5.18 Å². The molecule has 2 atom stereocenters. The maximum atomic E-state index is 9.85. The molecule has 0 aliphatic carbocycles. The van der Waals surface area contributed by atoms with Crippen molar-refractivity contribution in [2.75, 3.05) is 13.2 Å². The fourth-order valence-electron chi connectivity index (χ4n) is 1.20. The molecule has 1 saturated heterocycles. The molecule has 0 aromatic carbocycles. The molecule has 1 rings (SSSR count). The van der Waals surface area contributed by atoms with Crippen LogP contribution in [0.25, 0.3) is 0 Å². The lowest BCUT2D eigenvalue weighted by Crippen LogP contribution is -2.15. The summed E-state index contributed by atoms with van der Waals surface area (Å²) in [6.45, 7) is 2.84. The summed E-state index contributed by atoms with van der Waals surface area (Å²) in [5.41, 5.74) is 0. The van der Waals surface area contributed by atoms with Gasteiger partial charge in [0, 0.05) is 13.0 Å². The minimum absolute atomic E-state index is 0.0101. The van der Waals surface area contributed by atoms with E-state index in [1.54, 1.807) is 0 Å². The topological polar surface area (TPSA) is 47.9 Å². The van der Waals surface area contributed by atoms with Gasteiger partial charge in [0.15, 0.2) is 6.29 Å². The summed E-state index contributed by atoms with van der Waals surface area (Å²) >= 11 is 0. The molecule has 1 aliphatic rings. The molecule has 11 heavy (non-hydrogen) atoms. The summed E-state index contributed by atoms with van der Waals surface area (Å²) in [5.74, 6) is 0. The molecular weight excluding hydrogens is 146 g/mol. The molecule has 4 heteroatoms. The Morgan fingerprint density at radius 2 is 2.45 bits per heavy atom. The van der Waals surface area contributed by atoms with Gasteiger partial charge in [-0.2, -0.15) is 4.91 Å². The number of nitroso groups, excluding NO2 is 1. The molecular formula is C7H13NO3. The molecule has 0 unspecified atom stereocenters. The van der Waals surface area contributed by atoms with Crippen LogP contribution >= 0.6 is 0 Å². The van der Waals surface area contributed by atoms with Crippen molar-refractivity contribution in [1.82, 2.24) is 0 Å². The molecule has 0 N–H and O–H groups in total. The van der Waals surface area contributed by atoms with Crippen molar-refractivity contribution in [3.63, 3.8) is 0 Å². The second-order valence-electron chi connectivity index (χ2n) is 2.53. The van der Waals surface area contributed by atoms with Crippen molar-refractivity contribution in [1.29, 1.82) is 0 Å². The quantitative estimate of drug-likeness (QED) is 0.581. The van der Waals surface area contributed by atoms with Crippen LogP contribution in [0.15, 0.2) is 5.18 Å². The second-order valence-corrected chi connectivity index (χ2v) is 2.53. The third-order valence-corrected chi connectivity index (χ3v) is 1.70. The Morgan fingerprint density at radius 3 is 3.09 bits per heavy atom. The van der Waals surface area contributed by atoms with Crippen LogP contribution in [0, 0.1) is 4.91 Å². The number of ether oxygens (including phenoxy) is 2. The molecule has 1 fully saturated rings. The lowest BCUT2D eigenvalue weighted by molar-refractivity contribution is -0.127. The van der Waals surface area contributed by atoms with E-state index in [4.69, 9.17) is 9.47 Å². The third kappa shape index (κ3) is 2.55. The third-order valence-electron chi connectivity index (χ3n) is 1.70. The first-order valence-corrected chi connectivity index (χ1v) is 3.93. The summed E-state index contributed by atoms with van der Waals surface area (Å²) < 4.78 is 10.5. The highest BCUT2D eigenvalue weighted by atomic mass is 16.7. The van der Waals surface area contributed by atoms with E-state index in [1.807, 2.05) is 6.92 Å². The zero-order valence-electron chi connectivity index (χ0n) is 6.66. The normalized spacial score (nSPS) is 30.6. The summed E-state index contributed by atoms with van der Waals surface area (Å²) in [6, 6.07) is 0. The van der Waals surface area contributed by atoms with Crippen molar-refractivity contribution in [2.24, 2.45) is 5.18 Å². The van der Waals surface area contributed by atoms with Crippen LogP contribution in [0.4, 0.5) is 0 Å². The monoisotopic (exact) mass is 159 g/mol. The van der Waals surface area contributed by atoms with E-state index < -0.39 is 0 Å². The molecule has 0 aromatic rings. The lowest BCUT2D eigenvalue weighted by Gasteiger charge is -2.10. The predicted molar refractivity (Wildman–Crippen MR) is 40.2 cm³/mol. The van der Waals surface area contributed by atoms with Gasteiger partial charge >= 0.3 is 0 Å². The number of nitrogens with zero attached hydrogens (tertiary/aromatic N) is 1. The van der Waals surface area contributed by atoms with Gasteiger partial charge in [0.1, 0.15) is 6.54 Å². The zero-order chi connectivity index (χ0) is 8.10. The van der Waals surface area contributed by atoms with E-state index in [2.05, 4.69) is 5.18 Å². The van der Waals surface area contributed by atoms with Gasteiger partial charge in [0.25, 0.3) is 0 Å². The van der Waals surface area contributed by atoms with E-state index in [-0.39, 0.29) is 18.9 Å². The van der Waals surface area contributed by atoms with Crippen LogP contribution in [0.1, 0.15) is 19.8 Å². The summed E-state index contributed by atoms with van der Waals surface area (Å²) in [7, 11) is 0. The first-order valence-electron chi connectivity index (χ1n) is 3.93. The summed E-state index contributed by atoms with van der Waals surface area (Å²) in [5, 5.41) is 2.78. The van der Waals surface area contributed by atoms with Crippen LogP contribution in [-0.2, 0) is 9.47 Å². The molecule has 0 spiro atoms. The number of hydrogen-bond acceptors (Lipinski definition) is 4. The Balaban J connectivity index is 2.17. The standard InChI is InChI=1S/C7H13NO3/c1-2-10-7-4-3-6(11-7)5-8-9/h6-7H,2-5H2,1H3/t6-,7+/m0/s1. The highest BCUT2D eigenvalue weighted by Gasteiger charge is 2.25. The smallest absolute Gasteiger partial charge is 0.158 e. The minimum atomic E-state index is -0.105. The Morgan fingerprint density at radius 1 is 1.64 bits per heavy atom. The van der Waals surface area contributed by atoms with E-state index >= 15 is 0 Å². The van der Waals surface area contributed by atoms with Crippen LogP contribution in [0.5, 0.6) is 0 Å². The van der Waals surface area contributed by atoms with E-state index in [9.17, 15) is 4.91 Å². The van der Waals surface area contributed by atoms with Crippen molar-refractivity contribution < 1.29 is 9.47 Å². The largest absolute Gasteiger partial charge is 0.353 e. The van der Waals surface area contributed by atoms with Crippen LogP contribution in [0.2, 0.25) is 0 Å². The highest BCUT2D eigenvalue weighted by Crippen LogP contribution is 2.20. The first kappa shape index (κ1) is 8.62. The van der Waals surface area contributed by atoms with Crippen molar-refractivity contribution >= 4 is 0 Å². The molecule has 0 radical (unpaired) electrons. The maximum absolute atomic E-state index is 9.85. The highest BCUT2D eigenvalue weighted by molar-refractivity contribution is 4.69. The van der Waals surface area contributed by atoms with E-state index in [0.29, 0.717) is 6.61 Å². The van der Waals surface area contributed by atoms with Crippen LogP contribution < -0.4 is 0 Å². The van der Waals surface area contributed by atoms with E-state index in [1.165, 1.54) is 0 Å². The van der Waals surface area contributed by atoms with Gasteiger partial charge in [-0.05, 0) is 13.3 Å². The zero-order valence-corrected chi connectivity index (χ0v) is 6.66. The second kappa shape index (κ2) is 4.41. The molecule has 1 aliphatic heterocycles. The maximum Gasteiger partial charge on any atom is 0.158 e. The molecule has 0 amide bonds. The minimum Gasteiger partial charge on any atom is -0.353 e. The van der Waals surface area contributed by atoms with Gasteiger partial charge in [-0.15, -0.1) is 0 Å². The fourth-order valence-corrected chi connectivity index (χ4v) is 1.20. The molecule has 0 aromatic heterocycles. The fraction of sp³-hybridized carbons (Fsp3) is 1.00. The first-order chi connectivity index (χ1) is 5.36. The number of hydrogen-bond donors (Lipinski definition) is 0. The van der Waals surface area contributed by atoms with Crippen LogP contribution in [0.3, 0.4) is 0 Å². The predicted octanol–water partition coefficient (Wildman–Crippen LogP) is 1.29. The van der Waals surface area contributed by atoms with Crippen molar-refractivity contribution in [3.8, 4) is 0 Å². The van der Waals surface area contributed by atoms with Gasteiger partial charge in [-0.3, -0.25) is 0 Å². The molecule has 0 bridgehead atoms. The lowest BCUT2D eigenvalue weighted by atomic mass is 10.2. The Kier molecular flexibility index (Phi) is 3.45. The summed E-state index contributed by atoms with van der Waals surface area (Å²) in [6.07, 6.45) is 1.65. The SMILES string of the molecule is CCO[C@H]1CC[C@@H](CN=O)O1. The molecule has 64 valence electrons. The molecule has 1 heterocycles. The van der Waals surface area contributed by atoms with Crippen LogP contribution in [-0.4, -0.2) is 25.5 Å². The Labute approximate surface area is 65.8 Å². The Bertz CT molecular complexity index is 129. The van der Waals surface area contributed by atoms with E-state index in [0.717, 1.165) is 12.8 Å². The van der Waals surface area contributed by atoms with Gasteiger partial charge < -0.3 is 9.47 Å². The average molecular weight is 159 g/mol. The Hall–Kier alpha value is -0.480.